The van der Waals surface area contributed by atoms with Crippen LogP contribution in [0.5, 0.6) is 5.75 Å². The number of nitrogens with zero attached hydrogens (tertiary/aromatic N) is 1. The summed E-state index contributed by atoms with van der Waals surface area (Å²) in [6.45, 7) is 2.14. The van der Waals surface area contributed by atoms with Gasteiger partial charge in [0, 0.05) is 41.1 Å². The van der Waals surface area contributed by atoms with Gasteiger partial charge in [-0.3, -0.25) is 4.79 Å². The number of fused-ring (bicyclic) bond motifs is 2. The van der Waals surface area contributed by atoms with E-state index >= 15 is 0 Å². The van der Waals surface area contributed by atoms with E-state index in [4.69, 9.17) is 32.7 Å². The SMILES string of the molecule is CCOC(=O)c1ccc(OC2C[C@H]3CC[C@@H](C2)N3C(=O)c2ccc(CSc3ccc(Cl)c(Cl)c3)cc2)cc1. The monoisotopic (exact) mass is 569 g/mol. The standard InChI is InChI=1S/C30H29Cl2NO4S/c1-2-36-30(35)21-7-11-24(12-8-21)37-25-15-22-9-10-23(16-25)33(22)29(34)20-5-3-19(4-6-20)18-38-26-13-14-27(31)28(32)17-26/h3-8,11-14,17,22-23,25H,2,9-10,15-16,18H2,1H3/t22-,23+,25?. The fourth-order valence-corrected chi connectivity index (χ4v) is 6.51. The van der Waals surface area contributed by atoms with Crippen LogP contribution in [0.15, 0.2) is 71.6 Å². The highest BCUT2D eigenvalue weighted by atomic mass is 35.5. The summed E-state index contributed by atoms with van der Waals surface area (Å²) in [5, 5.41) is 1.10. The van der Waals surface area contributed by atoms with Crippen molar-refractivity contribution in [3.05, 3.63) is 93.5 Å². The molecule has 0 aromatic heterocycles. The predicted octanol–water partition coefficient (Wildman–Crippen LogP) is 7.68. The Balaban J connectivity index is 1.16. The molecule has 0 spiro atoms. The topological polar surface area (TPSA) is 55.8 Å². The number of hydrogen-bond acceptors (Lipinski definition) is 5. The van der Waals surface area contributed by atoms with Gasteiger partial charge in [-0.25, -0.2) is 4.79 Å². The molecule has 2 bridgehead atoms. The van der Waals surface area contributed by atoms with Crippen molar-refractivity contribution < 1.29 is 19.1 Å². The number of benzene rings is 3. The van der Waals surface area contributed by atoms with Crippen LogP contribution in [0.1, 0.15) is 58.9 Å². The first-order chi connectivity index (χ1) is 18.4. The molecule has 3 atom stereocenters. The molecular formula is C30H29Cl2NO4S. The molecule has 1 amide bonds. The Morgan fingerprint density at radius 3 is 2.18 bits per heavy atom. The minimum atomic E-state index is -0.331. The zero-order valence-corrected chi connectivity index (χ0v) is 23.4. The van der Waals surface area contributed by atoms with Crippen LogP contribution in [-0.2, 0) is 10.5 Å². The highest BCUT2D eigenvalue weighted by Crippen LogP contribution is 2.38. The van der Waals surface area contributed by atoms with Gasteiger partial charge in [-0.05, 0) is 79.9 Å². The first-order valence-electron chi connectivity index (χ1n) is 12.8. The van der Waals surface area contributed by atoms with E-state index in [1.807, 2.05) is 48.5 Å². The van der Waals surface area contributed by atoms with Crippen molar-refractivity contribution in [1.82, 2.24) is 4.90 Å². The molecule has 0 saturated carbocycles. The number of hydrogen-bond donors (Lipinski definition) is 0. The molecule has 3 aromatic rings. The molecule has 1 unspecified atom stereocenters. The van der Waals surface area contributed by atoms with Crippen LogP contribution in [0.4, 0.5) is 0 Å². The number of amides is 1. The lowest BCUT2D eigenvalue weighted by molar-refractivity contribution is 0.0359. The maximum Gasteiger partial charge on any atom is 0.338 e. The molecule has 38 heavy (non-hydrogen) atoms. The van der Waals surface area contributed by atoms with Gasteiger partial charge in [-0.15, -0.1) is 11.8 Å². The molecule has 2 saturated heterocycles. The number of esters is 1. The lowest BCUT2D eigenvalue weighted by atomic mass is 9.98. The third kappa shape index (κ3) is 6.14. The van der Waals surface area contributed by atoms with Gasteiger partial charge in [0.15, 0.2) is 0 Å². The van der Waals surface area contributed by atoms with Crippen LogP contribution < -0.4 is 4.74 Å². The molecule has 198 valence electrons. The predicted molar refractivity (Wildman–Crippen MR) is 151 cm³/mol. The van der Waals surface area contributed by atoms with Gasteiger partial charge in [0.05, 0.1) is 22.2 Å². The van der Waals surface area contributed by atoms with Gasteiger partial charge in [-0.2, -0.15) is 0 Å². The number of rotatable bonds is 8. The number of ether oxygens (including phenoxy) is 2. The second-order valence-electron chi connectivity index (χ2n) is 9.62. The van der Waals surface area contributed by atoms with Crippen LogP contribution in [0.2, 0.25) is 10.0 Å². The van der Waals surface area contributed by atoms with Crippen molar-refractivity contribution in [3.8, 4) is 5.75 Å². The Labute approximate surface area is 237 Å². The summed E-state index contributed by atoms with van der Waals surface area (Å²) in [5.74, 6) is 1.28. The average molecular weight is 571 g/mol. The van der Waals surface area contributed by atoms with Crippen LogP contribution in [0.25, 0.3) is 0 Å². The molecule has 2 fully saturated rings. The maximum atomic E-state index is 13.4. The Kier molecular flexibility index (Phi) is 8.51. The van der Waals surface area contributed by atoms with Gasteiger partial charge in [0.2, 0.25) is 0 Å². The first-order valence-corrected chi connectivity index (χ1v) is 14.6. The van der Waals surface area contributed by atoms with Crippen molar-refractivity contribution in [2.24, 2.45) is 0 Å². The number of thioether (sulfide) groups is 1. The van der Waals surface area contributed by atoms with E-state index in [-0.39, 0.29) is 30.1 Å². The molecule has 8 heteroatoms. The number of carbonyl (C=O) groups is 2. The molecule has 3 aromatic carbocycles. The first kappa shape index (κ1) is 26.9. The molecule has 0 N–H and O–H groups in total. The highest BCUT2D eigenvalue weighted by Gasteiger charge is 2.44. The van der Waals surface area contributed by atoms with E-state index in [9.17, 15) is 9.59 Å². The Morgan fingerprint density at radius 1 is 0.895 bits per heavy atom. The van der Waals surface area contributed by atoms with Gasteiger partial charge < -0.3 is 14.4 Å². The second kappa shape index (κ2) is 12.0. The van der Waals surface area contributed by atoms with Crippen molar-refractivity contribution in [2.45, 2.75) is 61.4 Å². The molecule has 2 heterocycles. The number of piperidine rings is 1. The van der Waals surface area contributed by atoms with Crippen LogP contribution in [0.3, 0.4) is 0 Å². The molecule has 5 rings (SSSR count). The lowest BCUT2D eigenvalue weighted by Gasteiger charge is -2.39. The second-order valence-corrected chi connectivity index (χ2v) is 11.5. The average Bonchev–Trinajstić information content (AvgIpc) is 3.19. The normalized spacial score (nSPS) is 20.3. The quantitative estimate of drug-likeness (QED) is 0.205. The lowest BCUT2D eigenvalue weighted by Crippen LogP contribution is -2.49. The largest absolute Gasteiger partial charge is 0.490 e. The van der Waals surface area contributed by atoms with Gasteiger partial charge in [0.25, 0.3) is 5.91 Å². The highest BCUT2D eigenvalue weighted by molar-refractivity contribution is 7.98. The summed E-state index contributed by atoms with van der Waals surface area (Å²) in [7, 11) is 0. The molecule has 0 aliphatic carbocycles. The van der Waals surface area contributed by atoms with E-state index in [0.717, 1.165) is 53.2 Å². The fourth-order valence-electron chi connectivity index (χ4n) is 5.26. The summed E-state index contributed by atoms with van der Waals surface area (Å²) in [4.78, 5) is 28.5. The summed E-state index contributed by atoms with van der Waals surface area (Å²) < 4.78 is 11.3. The van der Waals surface area contributed by atoms with Crippen molar-refractivity contribution in [2.75, 3.05) is 6.61 Å². The minimum absolute atomic E-state index is 0.0470. The smallest absolute Gasteiger partial charge is 0.338 e. The Bertz CT molecular complexity index is 1280. The van der Waals surface area contributed by atoms with Gasteiger partial charge in [0.1, 0.15) is 11.9 Å². The zero-order valence-electron chi connectivity index (χ0n) is 21.1. The molecule has 2 aliphatic heterocycles. The molecule has 5 nitrogen and oxygen atoms in total. The number of carbonyl (C=O) groups excluding carboxylic acids is 2. The third-order valence-electron chi connectivity index (χ3n) is 7.09. The Morgan fingerprint density at radius 2 is 1.55 bits per heavy atom. The van der Waals surface area contributed by atoms with Crippen LogP contribution in [0, 0.1) is 0 Å². The van der Waals surface area contributed by atoms with E-state index in [1.165, 1.54) is 0 Å². The van der Waals surface area contributed by atoms with Crippen LogP contribution >= 0.6 is 35.0 Å². The summed E-state index contributed by atoms with van der Waals surface area (Å²) in [5.41, 5.74) is 2.37. The summed E-state index contributed by atoms with van der Waals surface area (Å²) >= 11 is 13.8. The van der Waals surface area contributed by atoms with Crippen LogP contribution in [-0.4, -0.2) is 41.6 Å². The van der Waals surface area contributed by atoms with Crippen molar-refractivity contribution in [3.63, 3.8) is 0 Å². The fraction of sp³-hybridized carbons (Fsp3) is 0.333. The number of halogens is 2. The summed E-state index contributed by atoms with van der Waals surface area (Å²) in [6, 6.07) is 21.0. The third-order valence-corrected chi connectivity index (χ3v) is 8.89. The minimum Gasteiger partial charge on any atom is -0.490 e. The maximum absolute atomic E-state index is 13.4. The van der Waals surface area contributed by atoms with E-state index in [1.54, 1.807) is 36.9 Å². The zero-order chi connectivity index (χ0) is 26.6. The molecule has 0 radical (unpaired) electrons. The van der Waals surface area contributed by atoms with Gasteiger partial charge >= 0.3 is 5.97 Å². The molecule has 2 aliphatic rings. The van der Waals surface area contributed by atoms with E-state index in [2.05, 4.69) is 4.90 Å². The molecular weight excluding hydrogens is 541 g/mol. The van der Waals surface area contributed by atoms with Crippen molar-refractivity contribution >= 4 is 46.8 Å². The van der Waals surface area contributed by atoms with E-state index < -0.39 is 0 Å². The van der Waals surface area contributed by atoms with Crippen molar-refractivity contribution in [1.29, 1.82) is 0 Å². The van der Waals surface area contributed by atoms with E-state index in [0.29, 0.717) is 22.2 Å². The van der Waals surface area contributed by atoms with Gasteiger partial charge in [-0.1, -0.05) is 35.3 Å². The summed E-state index contributed by atoms with van der Waals surface area (Å²) in [6.07, 6.45) is 3.65. The Hall–Kier alpha value is -2.67.